The first-order valence-corrected chi connectivity index (χ1v) is 9.55. The van der Waals surface area contributed by atoms with Crippen LogP contribution in [0.3, 0.4) is 0 Å². The van der Waals surface area contributed by atoms with Crippen molar-refractivity contribution in [3.05, 3.63) is 89.2 Å². The van der Waals surface area contributed by atoms with Gasteiger partial charge in [-0.2, -0.15) is 13.2 Å². The molecule has 2 heterocycles. The van der Waals surface area contributed by atoms with Gasteiger partial charge in [0.1, 0.15) is 11.5 Å². The molecule has 0 aliphatic carbocycles. The molecule has 0 aliphatic heterocycles. The van der Waals surface area contributed by atoms with Crippen LogP contribution < -0.4 is 5.32 Å². The largest absolute Gasteiger partial charge is 0.416 e. The van der Waals surface area contributed by atoms with Gasteiger partial charge in [0.05, 0.1) is 11.1 Å². The molecular formula is C24H18F3N3O. The summed E-state index contributed by atoms with van der Waals surface area (Å²) in [4.78, 5) is 21.5. The van der Waals surface area contributed by atoms with E-state index >= 15 is 0 Å². The van der Waals surface area contributed by atoms with E-state index in [1.54, 1.807) is 42.5 Å². The summed E-state index contributed by atoms with van der Waals surface area (Å²) in [6, 6.07) is 17.3. The van der Waals surface area contributed by atoms with Crippen molar-refractivity contribution >= 4 is 22.6 Å². The molecule has 0 bridgehead atoms. The van der Waals surface area contributed by atoms with Crippen LogP contribution in [0.15, 0.2) is 66.7 Å². The van der Waals surface area contributed by atoms with Gasteiger partial charge >= 0.3 is 6.18 Å². The average molecular weight is 421 g/mol. The lowest BCUT2D eigenvalue weighted by atomic mass is 9.99. The van der Waals surface area contributed by atoms with Crippen molar-refractivity contribution in [3.8, 4) is 11.1 Å². The Kier molecular flexibility index (Phi) is 5.19. The van der Waals surface area contributed by atoms with Crippen molar-refractivity contribution in [2.45, 2.75) is 20.0 Å². The third-order valence-electron chi connectivity index (χ3n) is 4.79. The van der Waals surface area contributed by atoms with Gasteiger partial charge in [-0.1, -0.05) is 36.4 Å². The van der Waals surface area contributed by atoms with Gasteiger partial charge in [0.15, 0.2) is 0 Å². The van der Waals surface area contributed by atoms with E-state index in [1.807, 2.05) is 19.9 Å². The highest BCUT2D eigenvalue weighted by Gasteiger charge is 2.30. The van der Waals surface area contributed by atoms with E-state index in [-0.39, 0.29) is 5.69 Å². The van der Waals surface area contributed by atoms with Gasteiger partial charge in [-0.15, -0.1) is 0 Å². The minimum atomic E-state index is -4.45. The number of rotatable bonds is 3. The van der Waals surface area contributed by atoms with Crippen LogP contribution in [-0.2, 0) is 6.18 Å². The van der Waals surface area contributed by atoms with Crippen molar-refractivity contribution < 1.29 is 18.0 Å². The number of benzene rings is 2. The zero-order chi connectivity index (χ0) is 22.2. The number of aromatic nitrogens is 2. The smallest absolute Gasteiger partial charge is 0.305 e. The number of anilines is 1. The number of alkyl halides is 3. The molecule has 0 unspecified atom stereocenters. The van der Waals surface area contributed by atoms with Gasteiger partial charge in [-0.3, -0.25) is 4.79 Å². The van der Waals surface area contributed by atoms with Gasteiger partial charge in [-0.25, -0.2) is 9.97 Å². The molecule has 2 aromatic carbocycles. The second-order valence-electron chi connectivity index (χ2n) is 7.28. The Hall–Kier alpha value is -3.74. The number of para-hydroxylation sites is 1. The van der Waals surface area contributed by atoms with E-state index < -0.39 is 17.6 Å². The number of hydrogen-bond acceptors (Lipinski definition) is 3. The minimum absolute atomic E-state index is 0.146. The van der Waals surface area contributed by atoms with Gasteiger partial charge < -0.3 is 5.32 Å². The van der Waals surface area contributed by atoms with E-state index in [1.165, 1.54) is 6.07 Å². The lowest BCUT2D eigenvalue weighted by Gasteiger charge is -2.11. The van der Waals surface area contributed by atoms with Crippen molar-refractivity contribution in [1.82, 2.24) is 9.97 Å². The summed E-state index contributed by atoms with van der Waals surface area (Å²) < 4.78 is 39.5. The molecule has 1 N–H and O–H groups in total. The number of nitrogens with zero attached hydrogens (tertiary/aromatic N) is 2. The van der Waals surface area contributed by atoms with Crippen LogP contribution >= 0.6 is 0 Å². The summed E-state index contributed by atoms with van der Waals surface area (Å²) in [6.45, 7) is 3.73. The molecule has 0 atom stereocenters. The zero-order valence-corrected chi connectivity index (χ0v) is 16.8. The maximum absolute atomic E-state index is 13.2. The molecule has 0 radical (unpaired) electrons. The van der Waals surface area contributed by atoms with Gasteiger partial charge in [-0.05, 0) is 55.3 Å². The molecule has 1 amide bonds. The summed E-state index contributed by atoms with van der Waals surface area (Å²) >= 11 is 0. The molecule has 4 nitrogen and oxygen atoms in total. The number of carbonyl (C=O) groups is 1. The first-order valence-electron chi connectivity index (χ1n) is 9.55. The first-order chi connectivity index (χ1) is 14.7. The summed E-state index contributed by atoms with van der Waals surface area (Å²) in [6.07, 6.45) is -4.45. The summed E-state index contributed by atoms with van der Waals surface area (Å²) in [5, 5.41) is 3.45. The molecule has 156 valence electrons. The van der Waals surface area contributed by atoms with E-state index in [2.05, 4.69) is 15.3 Å². The molecule has 0 aliphatic rings. The quantitative estimate of drug-likeness (QED) is 0.429. The summed E-state index contributed by atoms with van der Waals surface area (Å²) in [5.74, 6) is -0.0335. The number of hydrogen-bond donors (Lipinski definition) is 1. The predicted molar refractivity (Wildman–Crippen MR) is 114 cm³/mol. The van der Waals surface area contributed by atoms with Crippen molar-refractivity contribution in [2.75, 3.05) is 5.32 Å². The normalized spacial score (nSPS) is 11.5. The fourth-order valence-electron chi connectivity index (χ4n) is 3.46. The first kappa shape index (κ1) is 20.5. The lowest BCUT2D eigenvalue weighted by molar-refractivity contribution is -0.137. The molecule has 0 saturated carbocycles. The van der Waals surface area contributed by atoms with Crippen LogP contribution in [0.4, 0.5) is 19.0 Å². The molecule has 31 heavy (non-hydrogen) atoms. The Morgan fingerprint density at radius 3 is 2.42 bits per heavy atom. The van der Waals surface area contributed by atoms with Crippen LogP contribution in [-0.4, -0.2) is 15.9 Å². The Morgan fingerprint density at radius 2 is 1.68 bits per heavy atom. The van der Waals surface area contributed by atoms with Crippen molar-refractivity contribution in [2.24, 2.45) is 0 Å². The monoisotopic (exact) mass is 421 g/mol. The van der Waals surface area contributed by atoms with Crippen LogP contribution in [0.2, 0.25) is 0 Å². The van der Waals surface area contributed by atoms with E-state index in [4.69, 9.17) is 0 Å². The Morgan fingerprint density at radius 1 is 0.903 bits per heavy atom. The van der Waals surface area contributed by atoms with Crippen molar-refractivity contribution in [3.63, 3.8) is 0 Å². The predicted octanol–water partition coefficient (Wildman–Crippen LogP) is 6.18. The highest BCUT2D eigenvalue weighted by Crippen LogP contribution is 2.34. The van der Waals surface area contributed by atoms with Gasteiger partial charge in [0.2, 0.25) is 0 Å². The molecule has 0 saturated heterocycles. The number of nitrogens with one attached hydrogen (secondary N) is 1. The maximum Gasteiger partial charge on any atom is 0.416 e. The van der Waals surface area contributed by atoms with E-state index in [0.717, 1.165) is 28.8 Å². The molecule has 7 heteroatoms. The van der Waals surface area contributed by atoms with Crippen LogP contribution in [0, 0.1) is 13.8 Å². The molecule has 2 aromatic heterocycles. The second-order valence-corrected chi connectivity index (χ2v) is 7.28. The minimum Gasteiger partial charge on any atom is -0.305 e. The number of carbonyl (C=O) groups excluding carboxylic acids is 1. The zero-order valence-electron chi connectivity index (χ0n) is 16.8. The van der Waals surface area contributed by atoms with E-state index in [9.17, 15) is 18.0 Å². The number of pyridine rings is 2. The molecule has 0 fully saturated rings. The number of halogens is 3. The SMILES string of the molecule is Cc1cc(C)nc(NC(=O)c2ccc3cccc(-c4cccc(C(F)(F)F)c4)c3n2)c1. The molecule has 0 spiro atoms. The number of fused-ring (bicyclic) bond motifs is 1. The average Bonchev–Trinajstić information content (AvgIpc) is 2.71. The molecule has 4 rings (SSSR count). The third-order valence-corrected chi connectivity index (χ3v) is 4.79. The number of amides is 1. The summed E-state index contributed by atoms with van der Waals surface area (Å²) in [7, 11) is 0. The molecular weight excluding hydrogens is 403 g/mol. The van der Waals surface area contributed by atoms with Gasteiger partial charge in [0.25, 0.3) is 5.91 Å². The summed E-state index contributed by atoms with van der Waals surface area (Å²) in [5.41, 5.74) is 2.48. The number of aryl methyl sites for hydroxylation is 2. The Balaban J connectivity index is 1.75. The highest BCUT2D eigenvalue weighted by atomic mass is 19.4. The van der Waals surface area contributed by atoms with Gasteiger partial charge in [0, 0.05) is 16.6 Å². The highest BCUT2D eigenvalue weighted by molar-refractivity contribution is 6.05. The Bertz CT molecular complexity index is 1280. The van der Waals surface area contributed by atoms with Crippen molar-refractivity contribution in [1.29, 1.82) is 0 Å². The Labute approximate surface area is 176 Å². The third kappa shape index (κ3) is 4.40. The van der Waals surface area contributed by atoms with Crippen LogP contribution in [0.25, 0.3) is 22.0 Å². The fourth-order valence-corrected chi connectivity index (χ4v) is 3.46. The fraction of sp³-hybridized carbons (Fsp3) is 0.125. The maximum atomic E-state index is 13.2. The van der Waals surface area contributed by atoms with Crippen LogP contribution in [0.1, 0.15) is 27.3 Å². The second kappa shape index (κ2) is 7.83. The van der Waals surface area contributed by atoms with Crippen LogP contribution in [0.5, 0.6) is 0 Å². The van der Waals surface area contributed by atoms with E-state index in [0.29, 0.717) is 22.5 Å². The molecule has 4 aromatic rings. The standard InChI is InChI=1S/C24H18F3N3O/c1-14-11-15(2)28-21(12-14)30-23(31)20-10-9-16-5-4-8-19(22(16)29-20)17-6-3-7-18(13-17)24(25,26)27/h3-13H,1-2H3,(H,28,30,31). The topological polar surface area (TPSA) is 54.9 Å². The lowest BCUT2D eigenvalue weighted by Crippen LogP contribution is -2.15.